The number of halogens is 2. The van der Waals surface area contributed by atoms with E-state index < -0.39 is 11.3 Å². The molecule has 0 aliphatic heterocycles. The number of methoxy groups -OCH3 is 1. The summed E-state index contributed by atoms with van der Waals surface area (Å²) in [4.78, 5) is 19.9. The molecule has 1 saturated carbocycles. The zero-order valence-corrected chi connectivity index (χ0v) is 26.8. The van der Waals surface area contributed by atoms with Gasteiger partial charge in [-0.2, -0.15) is 0 Å². The molecule has 9 heteroatoms. The molecule has 2 heterocycles. The van der Waals surface area contributed by atoms with Gasteiger partial charge in [-0.05, 0) is 50.3 Å². The van der Waals surface area contributed by atoms with Crippen molar-refractivity contribution >= 4 is 11.7 Å². The average molecular weight is 597 g/mol. The van der Waals surface area contributed by atoms with Crippen LogP contribution in [-0.2, 0) is 21.4 Å². The minimum Gasteiger partial charge on any atom is -0.495 e. The summed E-state index contributed by atoms with van der Waals surface area (Å²) < 4.78 is 36.5. The van der Waals surface area contributed by atoms with Crippen LogP contribution in [0.15, 0.2) is 70.9 Å². The monoisotopic (exact) mass is 596 g/mol. The number of anilines is 1. The summed E-state index contributed by atoms with van der Waals surface area (Å²) in [6.07, 6.45) is 12.5. The molecule has 1 N–H and O–H groups in total. The lowest BCUT2D eigenvalue weighted by Gasteiger charge is -2.19. The number of hydrogen-bond acceptors (Lipinski definition) is 7. The van der Waals surface area contributed by atoms with Crippen LogP contribution in [0.2, 0.25) is 0 Å². The number of hydrogen-bond donors (Lipinski definition) is 1. The van der Waals surface area contributed by atoms with Gasteiger partial charge in [0.2, 0.25) is 5.95 Å². The number of benzene rings is 1. The first-order valence-corrected chi connectivity index (χ1v) is 15.0. The molecule has 7 nitrogen and oxygen atoms in total. The largest absolute Gasteiger partial charge is 0.495 e. The fourth-order valence-electron chi connectivity index (χ4n) is 4.18. The maximum Gasteiger partial charge on any atom is 0.258 e. The molecule has 234 valence electrons. The maximum atomic E-state index is 13.2. The van der Waals surface area contributed by atoms with E-state index in [1.54, 1.807) is 39.4 Å². The molecule has 0 amide bonds. The Morgan fingerprint density at radius 2 is 1.65 bits per heavy atom. The number of carbonyl (C=O) groups is 1. The van der Waals surface area contributed by atoms with Crippen LogP contribution in [0, 0.1) is 6.92 Å². The topological polar surface area (TPSA) is 90.1 Å². The Bertz CT molecular complexity index is 1340. The second-order valence-corrected chi connectivity index (χ2v) is 10.4. The van der Waals surface area contributed by atoms with Crippen molar-refractivity contribution in [3.63, 3.8) is 0 Å². The Hall–Kier alpha value is -3.88. The number of unbranched alkanes of at least 4 members (excludes halogenated alkanes) is 1. The van der Waals surface area contributed by atoms with Gasteiger partial charge in [0, 0.05) is 37.4 Å². The van der Waals surface area contributed by atoms with Crippen molar-refractivity contribution in [1.29, 1.82) is 0 Å². The lowest BCUT2D eigenvalue weighted by molar-refractivity contribution is -0.116. The Balaban J connectivity index is 0.000000284. The molecule has 0 atom stereocenters. The highest BCUT2D eigenvalue weighted by atomic mass is 19.3. The molecule has 2 aliphatic rings. The summed E-state index contributed by atoms with van der Waals surface area (Å²) in [6, 6.07) is 9.48. The van der Waals surface area contributed by atoms with E-state index >= 15 is 0 Å². The second kappa shape index (κ2) is 16.7. The standard InChI is InChI=1S/C19H19N3O2.C9H11F2NO.C4H10.C2H6/c1-13(23)10-14-6-8-15(9-7-14)16-11-20-19(21-12-16)22-17-4-3-5-18(17)24-2;1-6-5-7(13-12-6)9(3-4-9)8(2,10)11;1-3-4-2;1-2/h4-9,11-12H,3,10H2,1-2H3,(H,20,21,22);5H,3-4H2,1-2H3;3-4H2,1-2H3;1-2H3. The van der Waals surface area contributed by atoms with E-state index in [2.05, 4.69) is 34.3 Å². The third-order valence-electron chi connectivity index (χ3n) is 6.94. The Kier molecular flexibility index (Phi) is 13.7. The molecule has 1 aromatic carbocycles. The number of alkyl halides is 2. The van der Waals surface area contributed by atoms with Crippen molar-refractivity contribution in [2.45, 2.75) is 98.3 Å². The van der Waals surface area contributed by atoms with Crippen molar-refractivity contribution < 1.29 is 22.8 Å². The molecule has 2 aliphatic carbocycles. The number of Topliss-reactive ketones (excluding diaryl/α,β-unsaturated/α-hetero) is 1. The smallest absolute Gasteiger partial charge is 0.258 e. The molecule has 0 bridgehead atoms. The number of nitrogens with zero attached hydrogens (tertiary/aromatic N) is 3. The highest BCUT2D eigenvalue weighted by Gasteiger charge is 2.62. The van der Waals surface area contributed by atoms with Crippen LogP contribution >= 0.6 is 0 Å². The zero-order chi connectivity index (χ0) is 32.0. The summed E-state index contributed by atoms with van der Waals surface area (Å²) in [5, 5.41) is 6.79. The molecule has 43 heavy (non-hydrogen) atoms. The first kappa shape index (κ1) is 35.3. The fraction of sp³-hybridized carbons (Fsp3) is 0.471. The van der Waals surface area contributed by atoms with Gasteiger partial charge in [0.1, 0.15) is 17.3 Å². The average Bonchev–Trinajstić information content (AvgIpc) is 3.53. The van der Waals surface area contributed by atoms with E-state index in [1.165, 1.54) is 12.8 Å². The van der Waals surface area contributed by atoms with Crippen LogP contribution in [0.25, 0.3) is 11.1 Å². The summed E-state index contributed by atoms with van der Waals surface area (Å²) >= 11 is 0. The van der Waals surface area contributed by atoms with E-state index in [9.17, 15) is 13.6 Å². The predicted octanol–water partition coefficient (Wildman–Crippen LogP) is 9.01. The quantitative estimate of drug-likeness (QED) is 0.264. The Morgan fingerprint density at radius 3 is 2.09 bits per heavy atom. The lowest BCUT2D eigenvalue weighted by Crippen LogP contribution is -2.29. The molecular formula is C34H46F2N4O3. The van der Waals surface area contributed by atoms with E-state index in [0.717, 1.165) is 41.5 Å². The van der Waals surface area contributed by atoms with Crippen LogP contribution in [-0.4, -0.2) is 33.9 Å². The van der Waals surface area contributed by atoms with Crippen LogP contribution in [0.1, 0.15) is 90.7 Å². The highest BCUT2D eigenvalue weighted by Crippen LogP contribution is 2.58. The van der Waals surface area contributed by atoms with Crippen molar-refractivity contribution in [2.24, 2.45) is 0 Å². The molecular weight excluding hydrogens is 550 g/mol. The van der Waals surface area contributed by atoms with Crippen molar-refractivity contribution in [1.82, 2.24) is 15.1 Å². The number of carbonyl (C=O) groups excluding carboxylic acids is 1. The maximum absolute atomic E-state index is 13.2. The summed E-state index contributed by atoms with van der Waals surface area (Å²) in [5.74, 6) is -0.879. The van der Waals surface area contributed by atoms with Crippen molar-refractivity contribution in [2.75, 3.05) is 12.4 Å². The zero-order valence-electron chi connectivity index (χ0n) is 26.8. The molecule has 0 unspecified atom stereocenters. The van der Waals surface area contributed by atoms with Gasteiger partial charge in [0.05, 0.1) is 23.9 Å². The molecule has 0 radical (unpaired) electrons. The van der Waals surface area contributed by atoms with Crippen LogP contribution < -0.4 is 5.32 Å². The SMILES string of the molecule is CC.CCCC.COC1=CCC=C1Nc1ncc(-c2ccc(CC(C)=O)cc2)cn1.Cc1cc(C2(C(C)(F)F)CC2)on1. The van der Waals surface area contributed by atoms with Crippen molar-refractivity contribution in [3.8, 4) is 11.1 Å². The van der Waals surface area contributed by atoms with Crippen LogP contribution in [0.3, 0.4) is 0 Å². The Labute approximate surface area is 254 Å². The number of ketones is 1. The van der Waals surface area contributed by atoms with Crippen molar-refractivity contribution in [3.05, 3.63) is 83.4 Å². The van der Waals surface area contributed by atoms with Gasteiger partial charge in [-0.3, -0.25) is 4.79 Å². The molecule has 2 aromatic heterocycles. The molecule has 0 spiro atoms. The molecule has 1 fully saturated rings. The number of ether oxygens (including phenoxy) is 1. The van der Waals surface area contributed by atoms with Gasteiger partial charge in [0.15, 0.2) is 0 Å². The summed E-state index contributed by atoms with van der Waals surface area (Å²) in [6.45, 7) is 12.6. The molecule has 5 rings (SSSR count). The van der Waals surface area contributed by atoms with Gasteiger partial charge in [0.25, 0.3) is 5.92 Å². The van der Waals surface area contributed by atoms with E-state index in [0.29, 0.717) is 36.7 Å². The summed E-state index contributed by atoms with van der Waals surface area (Å²) in [5.41, 5.74) is 3.44. The minimum atomic E-state index is -2.71. The number of aryl methyl sites for hydroxylation is 1. The molecule has 0 saturated heterocycles. The van der Waals surface area contributed by atoms with Gasteiger partial charge in [-0.15, -0.1) is 0 Å². The summed E-state index contributed by atoms with van der Waals surface area (Å²) in [7, 11) is 1.65. The third-order valence-corrected chi connectivity index (χ3v) is 6.94. The number of aromatic nitrogens is 3. The van der Waals surface area contributed by atoms with Gasteiger partial charge >= 0.3 is 0 Å². The number of nitrogens with one attached hydrogen (secondary N) is 1. The van der Waals surface area contributed by atoms with E-state index in [4.69, 9.17) is 9.26 Å². The minimum absolute atomic E-state index is 0.159. The number of allylic oxidation sites excluding steroid dienone is 2. The predicted molar refractivity (Wildman–Crippen MR) is 168 cm³/mol. The normalized spacial score (nSPS) is 14.4. The number of rotatable bonds is 9. The lowest BCUT2D eigenvalue weighted by atomic mass is 9.96. The first-order valence-electron chi connectivity index (χ1n) is 15.0. The second-order valence-electron chi connectivity index (χ2n) is 10.4. The van der Waals surface area contributed by atoms with Gasteiger partial charge < -0.3 is 14.6 Å². The molecule has 3 aromatic rings. The fourth-order valence-corrected chi connectivity index (χ4v) is 4.18. The third kappa shape index (κ3) is 10.1. The van der Waals surface area contributed by atoms with E-state index in [1.807, 2.05) is 50.3 Å². The highest BCUT2D eigenvalue weighted by molar-refractivity contribution is 5.78. The van der Waals surface area contributed by atoms with Crippen LogP contribution in [0.4, 0.5) is 14.7 Å². The van der Waals surface area contributed by atoms with Crippen LogP contribution in [0.5, 0.6) is 0 Å². The van der Waals surface area contributed by atoms with E-state index in [-0.39, 0.29) is 5.78 Å². The first-order chi connectivity index (χ1) is 20.5. The Morgan fingerprint density at radius 1 is 1.05 bits per heavy atom. The van der Waals surface area contributed by atoms with Gasteiger partial charge in [-0.25, -0.2) is 18.7 Å². The van der Waals surface area contributed by atoms with Gasteiger partial charge in [-0.1, -0.05) is 76.0 Å².